The number of hydrogen-bond donors (Lipinski definition) is 3. The van der Waals surface area contributed by atoms with Crippen molar-refractivity contribution >= 4 is 35.8 Å². The highest BCUT2D eigenvalue weighted by Crippen LogP contribution is 1.99. The third kappa shape index (κ3) is 7.31. The molecule has 0 spiro atoms. The summed E-state index contributed by atoms with van der Waals surface area (Å²) in [5, 5.41) is 9.47. The second-order valence-corrected chi connectivity index (χ2v) is 3.60. The molecule has 0 saturated carbocycles. The van der Waals surface area contributed by atoms with E-state index in [9.17, 15) is 0 Å². The van der Waals surface area contributed by atoms with Crippen LogP contribution in [0, 0.1) is 0 Å². The largest absolute Gasteiger partial charge is 0.370 e. The van der Waals surface area contributed by atoms with E-state index < -0.39 is 0 Å². The molecule has 0 radical (unpaired) electrons. The molecular weight excluding hydrogens is 341 g/mol. The minimum Gasteiger partial charge on any atom is -0.370 e. The number of nitrogens with one attached hydrogen (secondary N) is 3. The molecule has 0 bridgehead atoms. The molecule has 1 aromatic heterocycles. The number of aliphatic imine (C=N–C) groups is 1. The van der Waals surface area contributed by atoms with Crippen molar-refractivity contribution in [3.63, 3.8) is 0 Å². The Balaban J connectivity index is 0.00000289. The summed E-state index contributed by atoms with van der Waals surface area (Å²) in [6.07, 6.45) is 3.99. The van der Waals surface area contributed by atoms with Gasteiger partial charge < -0.3 is 16.0 Å². The van der Waals surface area contributed by atoms with Crippen molar-refractivity contribution in [1.29, 1.82) is 0 Å². The maximum atomic E-state index is 4.20. The van der Waals surface area contributed by atoms with Crippen LogP contribution < -0.4 is 16.0 Å². The van der Waals surface area contributed by atoms with Crippen molar-refractivity contribution in [1.82, 2.24) is 15.6 Å². The summed E-state index contributed by atoms with van der Waals surface area (Å²) in [5.74, 6) is 1.77. The van der Waals surface area contributed by atoms with Crippen LogP contribution in [0.5, 0.6) is 0 Å². The van der Waals surface area contributed by atoms with Gasteiger partial charge >= 0.3 is 0 Å². The van der Waals surface area contributed by atoms with Crippen LogP contribution >= 0.6 is 24.0 Å². The average molecular weight is 363 g/mol. The van der Waals surface area contributed by atoms with Crippen LogP contribution in [0.3, 0.4) is 0 Å². The normalized spacial score (nSPS) is 10.4. The Morgan fingerprint density at radius 2 is 2.06 bits per heavy atom. The fraction of sp³-hybridized carbons (Fsp3) is 0.500. The molecule has 1 heterocycles. The molecule has 1 rings (SSSR count). The first-order chi connectivity index (χ1) is 8.36. The zero-order chi connectivity index (χ0) is 12.3. The number of halogens is 1. The molecule has 1 aromatic rings. The fourth-order valence-electron chi connectivity index (χ4n) is 1.42. The van der Waals surface area contributed by atoms with Crippen molar-refractivity contribution < 1.29 is 0 Å². The molecule has 0 fully saturated rings. The standard InChI is InChI=1S/C12H21N5.HI/c1-13-12(14-2)17-10-6-5-9-16-11-7-3-4-8-15-11;/h3-4,7-8H,5-6,9-10H2,1-2H3,(H,15,16)(H2,13,14,17);1H. The number of aromatic nitrogens is 1. The SMILES string of the molecule is CN=C(NC)NCCCCNc1ccccn1.I. The number of rotatable bonds is 6. The Morgan fingerprint density at radius 1 is 1.28 bits per heavy atom. The quantitative estimate of drug-likeness (QED) is 0.312. The average Bonchev–Trinajstić information content (AvgIpc) is 2.39. The molecule has 0 saturated heterocycles. The Kier molecular flexibility index (Phi) is 10.4. The lowest BCUT2D eigenvalue weighted by molar-refractivity contribution is 0.720. The third-order valence-electron chi connectivity index (χ3n) is 2.33. The highest BCUT2D eigenvalue weighted by molar-refractivity contribution is 14.0. The highest BCUT2D eigenvalue weighted by atomic mass is 127. The van der Waals surface area contributed by atoms with Gasteiger partial charge in [0, 0.05) is 33.4 Å². The van der Waals surface area contributed by atoms with Crippen molar-refractivity contribution in [2.24, 2.45) is 4.99 Å². The van der Waals surface area contributed by atoms with Gasteiger partial charge in [0.25, 0.3) is 0 Å². The summed E-state index contributed by atoms with van der Waals surface area (Å²) >= 11 is 0. The van der Waals surface area contributed by atoms with Gasteiger partial charge in [-0.3, -0.25) is 4.99 Å². The first kappa shape index (κ1) is 16.9. The molecule has 6 heteroatoms. The zero-order valence-electron chi connectivity index (χ0n) is 10.9. The van der Waals surface area contributed by atoms with Crippen molar-refractivity contribution in [3.8, 4) is 0 Å². The molecular formula is C12H22IN5. The van der Waals surface area contributed by atoms with Gasteiger partial charge in [0.2, 0.25) is 0 Å². The number of pyridine rings is 1. The number of unbranched alkanes of at least 4 members (excludes halogenated alkanes) is 1. The summed E-state index contributed by atoms with van der Waals surface area (Å²) in [6, 6.07) is 5.87. The van der Waals surface area contributed by atoms with E-state index >= 15 is 0 Å². The molecule has 3 N–H and O–H groups in total. The van der Waals surface area contributed by atoms with Crippen molar-refractivity contribution in [2.45, 2.75) is 12.8 Å². The highest BCUT2D eigenvalue weighted by Gasteiger charge is 1.93. The smallest absolute Gasteiger partial charge is 0.190 e. The van der Waals surface area contributed by atoms with Crippen LogP contribution in [0.2, 0.25) is 0 Å². The Bertz CT molecular complexity index is 328. The van der Waals surface area contributed by atoms with E-state index in [1.54, 1.807) is 13.2 Å². The van der Waals surface area contributed by atoms with Crippen LogP contribution in [-0.4, -0.2) is 38.1 Å². The maximum absolute atomic E-state index is 4.20. The maximum Gasteiger partial charge on any atom is 0.190 e. The summed E-state index contributed by atoms with van der Waals surface area (Å²) in [4.78, 5) is 8.24. The molecule has 0 unspecified atom stereocenters. The topological polar surface area (TPSA) is 61.3 Å². The lowest BCUT2D eigenvalue weighted by Crippen LogP contribution is -2.35. The van der Waals surface area contributed by atoms with E-state index in [2.05, 4.69) is 25.9 Å². The molecule has 0 aliphatic rings. The minimum atomic E-state index is 0. The number of anilines is 1. The minimum absolute atomic E-state index is 0. The molecule has 0 aliphatic carbocycles. The molecule has 0 aromatic carbocycles. The molecule has 0 amide bonds. The zero-order valence-corrected chi connectivity index (χ0v) is 13.3. The predicted octanol–water partition coefficient (Wildman–Crippen LogP) is 1.69. The monoisotopic (exact) mass is 363 g/mol. The van der Waals surface area contributed by atoms with E-state index in [1.807, 2.05) is 25.2 Å². The van der Waals surface area contributed by atoms with Gasteiger partial charge in [-0.15, -0.1) is 24.0 Å². The summed E-state index contributed by atoms with van der Waals surface area (Å²) in [7, 11) is 3.62. The van der Waals surface area contributed by atoms with Gasteiger partial charge in [0.1, 0.15) is 5.82 Å². The number of nitrogens with zero attached hydrogens (tertiary/aromatic N) is 2. The number of hydrogen-bond acceptors (Lipinski definition) is 3. The molecule has 0 aliphatic heterocycles. The second-order valence-electron chi connectivity index (χ2n) is 3.60. The van der Waals surface area contributed by atoms with Gasteiger partial charge in [-0.05, 0) is 25.0 Å². The van der Waals surface area contributed by atoms with Crippen LogP contribution in [-0.2, 0) is 0 Å². The van der Waals surface area contributed by atoms with Crippen LogP contribution in [0.15, 0.2) is 29.4 Å². The van der Waals surface area contributed by atoms with Crippen LogP contribution in [0.1, 0.15) is 12.8 Å². The summed E-state index contributed by atoms with van der Waals surface area (Å²) < 4.78 is 0. The van der Waals surface area contributed by atoms with E-state index in [1.165, 1.54) is 0 Å². The molecule has 102 valence electrons. The molecule has 18 heavy (non-hydrogen) atoms. The Morgan fingerprint density at radius 3 is 2.67 bits per heavy atom. The number of guanidine groups is 1. The van der Waals surface area contributed by atoms with Gasteiger partial charge in [-0.1, -0.05) is 6.07 Å². The fourth-order valence-corrected chi connectivity index (χ4v) is 1.42. The van der Waals surface area contributed by atoms with E-state index in [0.29, 0.717) is 0 Å². The Hall–Kier alpha value is -1.05. The Labute approximate surface area is 126 Å². The van der Waals surface area contributed by atoms with Crippen molar-refractivity contribution in [3.05, 3.63) is 24.4 Å². The van der Waals surface area contributed by atoms with Crippen molar-refractivity contribution in [2.75, 3.05) is 32.5 Å². The molecule has 0 atom stereocenters. The third-order valence-corrected chi connectivity index (χ3v) is 2.33. The van der Waals surface area contributed by atoms with Gasteiger partial charge in [0.05, 0.1) is 0 Å². The molecule has 5 nitrogen and oxygen atoms in total. The van der Waals surface area contributed by atoms with E-state index in [-0.39, 0.29) is 24.0 Å². The van der Waals surface area contributed by atoms with Gasteiger partial charge in [-0.2, -0.15) is 0 Å². The van der Waals surface area contributed by atoms with Gasteiger partial charge in [-0.25, -0.2) is 4.98 Å². The van der Waals surface area contributed by atoms with E-state index in [4.69, 9.17) is 0 Å². The first-order valence-electron chi connectivity index (χ1n) is 5.90. The van der Waals surface area contributed by atoms with Crippen LogP contribution in [0.25, 0.3) is 0 Å². The summed E-state index contributed by atoms with van der Waals surface area (Å²) in [6.45, 7) is 1.87. The second kappa shape index (κ2) is 11.1. The lowest BCUT2D eigenvalue weighted by Gasteiger charge is -2.08. The lowest BCUT2D eigenvalue weighted by atomic mass is 10.3. The van der Waals surface area contributed by atoms with Gasteiger partial charge in [0.15, 0.2) is 5.96 Å². The summed E-state index contributed by atoms with van der Waals surface area (Å²) in [5.41, 5.74) is 0. The predicted molar refractivity (Wildman–Crippen MR) is 87.8 cm³/mol. The van der Waals surface area contributed by atoms with Crippen LogP contribution in [0.4, 0.5) is 5.82 Å². The first-order valence-corrected chi connectivity index (χ1v) is 5.90. The van der Waals surface area contributed by atoms with E-state index in [0.717, 1.165) is 37.7 Å².